The summed E-state index contributed by atoms with van der Waals surface area (Å²) in [6.07, 6.45) is 43.3. The van der Waals surface area contributed by atoms with Crippen LogP contribution >= 0.6 is 0 Å². The Morgan fingerprint density at radius 3 is 1.17 bits per heavy atom. The molecular formula is C28H46O. The Hall–Kier alpha value is -1.60. The van der Waals surface area contributed by atoms with E-state index in [0.717, 1.165) is 44.9 Å². The van der Waals surface area contributed by atoms with E-state index in [0.29, 0.717) is 6.61 Å². The molecule has 0 saturated carbocycles. The molecule has 0 aliphatic carbocycles. The van der Waals surface area contributed by atoms with Crippen molar-refractivity contribution < 1.29 is 5.11 Å². The molecule has 0 aromatic heterocycles. The molecular weight excluding hydrogens is 352 g/mol. The van der Waals surface area contributed by atoms with Gasteiger partial charge in [0.25, 0.3) is 0 Å². The Kier molecular flexibility index (Phi) is 24.9. The molecule has 0 bridgehead atoms. The lowest BCUT2D eigenvalue weighted by Gasteiger charge is -1.99. The standard InChI is InChI=1S/C28H46O/c1-2-3-4-5-6-7-8-9-10-11-12-13-14-15-16-17-18-19-20-21-22-23-24-25-26-27-28-29/h3-4,6-7,9-10,12-13,15-16,18-19,29H,2,5,8,11,14,17,20-28H2,1H3. The molecule has 0 radical (unpaired) electrons. The summed E-state index contributed by atoms with van der Waals surface area (Å²) in [5, 5.41) is 8.73. The minimum atomic E-state index is 0.350. The van der Waals surface area contributed by atoms with Crippen LogP contribution in [0.5, 0.6) is 0 Å². The fraction of sp³-hybridized carbons (Fsp3) is 0.571. The van der Waals surface area contributed by atoms with Gasteiger partial charge < -0.3 is 5.11 Å². The van der Waals surface area contributed by atoms with Gasteiger partial charge in [-0.15, -0.1) is 0 Å². The number of allylic oxidation sites excluding steroid dienone is 12. The first kappa shape index (κ1) is 27.4. The van der Waals surface area contributed by atoms with Gasteiger partial charge in [-0.1, -0.05) is 112 Å². The first-order chi connectivity index (χ1) is 14.4. The summed E-state index contributed by atoms with van der Waals surface area (Å²) in [4.78, 5) is 0. The number of unbranched alkanes of at least 4 members (excludes halogenated alkanes) is 7. The Morgan fingerprint density at radius 1 is 0.414 bits per heavy atom. The predicted molar refractivity (Wildman–Crippen MR) is 132 cm³/mol. The van der Waals surface area contributed by atoms with Crippen molar-refractivity contribution in [1.82, 2.24) is 0 Å². The molecule has 164 valence electrons. The van der Waals surface area contributed by atoms with Crippen LogP contribution in [0.1, 0.15) is 96.8 Å². The highest BCUT2D eigenvalue weighted by Crippen LogP contribution is 2.08. The molecule has 0 aliphatic rings. The van der Waals surface area contributed by atoms with E-state index in [-0.39, 0.29) is 0 Å². The second-order valence-corrected chi connectivity index (χ2v) is 7.40. The maximum absolute atomic E-state index is 8.73. The van der Waals surface area contributed by atoms with Crippen molar-refractivity contribution in [1.29, 1.82) is 0 Å². The summed E-state index contributed by atoms with van der Waals surface area (Å²) >= 11 is 0. The lowest BCUT2D eigenvalue weighted by atomic mass is 10.1. The van der Waals surface area contributed by atoms with Gasteiger partial charge in [-0.3, -0.25) is 0 Å². The molecule has 0 atom stereocenters. The van der Waals surface area contributed by atoms with Gasteiger partial charge >= 0.3 is 0 Å². The summed E-state index contributed by atoms with van der Waals surface area (Å²) in [6, 6.07) is 0. The zero-order valence-electron chi connectivity index (χ0n) is 19.0. The second kappa shape index (κ2) is 26.4. The summed E-state index contributed by atoms with van der Waals surface area (Å²) < 4.78 is 0. The molecule has 0 aromatic rings. The first-order valence-electron chi connectivity index (χ1n) is 11.9. The van der Waals surface area contributed by atoms with E-state index in [1.54, 1.807) is 0 Å². The number of aliphatic hydroxyl groups excluding tert-OH is 1. The van der Waals surface area contributed by atoms with Gasteiger partial charge in [-0.2, -0.15) is 0 Å². The van der Waals surface area contributed by atoms with Gasteiger partial charge in [0.05, 0.1) is 0 Å². The van der Waals surface area contributed by atoms with E-state index in [2.05, 4.69) is 79.8 Å². The predicted octanol–water partition coefficient (Wildman–Crippen LogP) is 8.80. The minimum absolute atomic E-state index is 0.350. The molecule has 0 aliphatic heterocycles. The van der Waals surface area contributed by atoms with Gasteiger partial charge in [-0.05, 0) is 57.8 Å². The molecule has 0 rings (SSSR count). The highest BCUT2D eigenvalue weighted by molar-refractivity contribution is 5.01. The third-order valence-corrected chi connectivity index (χ3v) is 4.63. The fourth-order valence-corrected chi connectivity index (χ4v) is 2.90. The van der Waals surface area contributed by atoms with Gasteiger partial charge in [0.15, 0.2) is 0 Å². The van der Waals surface area contributed by atoms with E-state index < -0.39 is 0 Å². The largest absolute Gasteiger partial charge is 0.396 e. The van der Waals surface area contributed by atoms with Crippen LogP contribution in [0.25, 0.3) is 0 Å². The second-order valence-electron chi connectivity index (χ2n) is 7.40. The lowest BCUT2D eigenvalue weighted by molar-refractivity contribution is 0.282. The average Bonchev–Trinajstić information content (AvgIpc) is 2.74. The van der Waals surface area contributed by atoms with Crippen LogP contribution in [0.15, 0.2) is 72.9 Å². The molecule has 1 nitrogen and oxygen atoms in total. The minimum Gasteiger partial charge on any atom is -0.396 e. The van der Waals surface area contributed by atoms with Crippen molar-refractivity contribution in [2.45, 2.75) is 96.8 Å². The highest BCUT2D eigenvalue weighted by Gasteiger charge is 1.90. The van der Waals surface area contributed by atoms with Crippen LogP contribution in [-0.4, -0.2) is 11.7 Å². The van der Waals surface area contributed by atoms with Crippen LogP contribution in [0.3, 0.4) is 0 Å². The Morgan fingerprint density at radius 2 is 0.759 bits per heavy atom. The van der Waals surface area contributed by atoms with Gasteiger partial charge in [-0.25, -0.2) is 0 Å². The van der Waals surface area contributed by atoms with E-state index >= 15 is 0 Å². The van der Waals surface area contributed by atoms with Crippen molar-refractivity contribution in [2.75, 3.05) is 6.61 Å². The quantitative estimate of drug-likeness (QED) is 0.160. The third-order valence-electron chi connectivity index (χ3n) is 4.63. The lowest BCUT2D eigenvalue weighted by Crippen LogP contribution is -1.83. The van der Waals surface area contributed by atoms with Crippen molar-refractivity contribution in [3.8, 4) is 0 Å². The van der Waals surface area contributed by atoms with Gasteiger partial charge in [0.2, 0.25) is 0 Å². The molecule has 0 spiro atoms. The van der Waals surface area contributed by atoms with Crippen molar-refractivity contribution >= 4 is 0 Å². The highest BCUT2D eigenvalue weighted by atomic mass is 16.2. The SMILES string of the molecule is CCC=CCC=CCC=CCC=CCC=CCC=CCCCCCCCCCO. The summed E-state index contributed by atoms with van der Waals surface area (Å²) in [6.45, 7) is 2.51. The van der Waals surface area contributed by atoms with Crippen LogP contribution in [0.4, 0.5) is 0 Å². The van der Waals surface area contributed by atoms with E-state index in [9.17, 15) is 0 Å². The molecule has 0 saturated heterocycles. The fourth-order valence-electron chi connectivity index (χ4n) is 2.90. The average molecular weight is 399 g/mol. The van der Waals surface area contributed by atoms with Crippen LogP contribution in [0.2, 0.25) is 0 Å². The van der Waals surface area contributed by atoms with E-state index in [1.807, 2.05) is 0 Å². The van der Waals surface area contributed by atoms with Crippen LogP contribution < -0.4 is 0 Å². The zero-order valence-corrected chi connectivity index (χ0v) is 19.0. The molecule has 0 aromatic carbocycles. The van der Waals surface area contributed by atoms with Gasteiger partial charge in [0, 0.05) is 6.61 Å². The summed E-state index contributed by atoms with van der Waals surface area (Å²) in [5.74, 6) is 0. The molecule has 0 heterocycles. The molecule has 1 N–H and O–H groups in total. The molecule has 29 heavy (non-hydrogen) atoms. The maximum atomic E-state index is 8.73. The van der Waals surface area contributed by atoms with E-state index in [4.69, 9.17) is 5.11 Å². The molecule has 0 unspecified atom stereocenters. The summed E-state index contributed by atoms with van der Waals surface area (Å²) in [7, 11) is 0. The van der Waals surface area contributed by atoms with Crippen LogP contribution in [-0.2, 0) is 0 Å². The van der Waals surface area contributed by atoms with Gasteiger partial charge in [0.1, 0.15) is 0 Å². The monoisotopic (exact) mass is 398 g/mol. The third kappa shape index (κ3) is 26.4. The normalized spacial score (nSPS) is 13.0. The molecule has 0 fully saturated rings. The zero-order chi connectivity index (χ0) is 21.1. The first-order valence-corrected chi connectivity index (χ1v) is 11.9. The Balaban J connectivity index is 3.40. The molecule has 0 amide bonds. The Labute approximate surface area is 181 Å². The summed E-state index contributed by atoms with van der Waals surface area (Å²) in [5.41, 5.74) is 0. The maximum Gasteiger partial charge on any atom is 0.0431 e. The van der Waals surface area contributed by atoms with Crippen molar-refractivity contribution in [3.05, 3.63) is 72.9 Å². The van der Waals surface area contributed by atoms with Crippen molar-refractivity contribution in [3.63, 3.8) is 0 Å². The smallest absolute Gasteiger partial charge is 0.0431 e. The van der Waals surface area contributed by atoms with E-state index in [1.165, 1.54) is 44.9 Å². The number of rotatable bonds is 20. The van der Waals surface area contributed by atoms with Crippen LogP contribution in [0, 0.1) is 0 Å². The topological polar surface area (TPSA) is 20.2 Å². The molecule has 1 heteroatoms. The number of aliphatic hydroxyl groups is 1. The number of hydrogen-bond donors (Lipinski definition) is 1. The Bertz CT molecular complexity index is 477. The van der Waals surface area contributed by atoms with Crippen molar-refractivity contribution in [2.24, 2.45) is 0 Å². The number of hydrogen-bond acceptors (Lipinski definition) is 1.